The van der Waals surface area contributed by atoms with E-state index in [1.54, 1.807) is 11.3 Å². The van der Waals surface area contributed by atoms with Gasteiger partial charge in [0.2, 0.25) is 0 Å². The van der Waals surface area contributed by atoms with Crippen LogP contribution in [0.3, 0.4) is 0 Å². The van der Waals surface area contributed by atoms with Crippen LogP contribution in [0.15, 0.2) is 11.4 Å². The second kappa shape index (κ2) is 5.51. The molecule has 0 aliphatic carbocycles. The van der Waals surface area contributed by atoms with Gasteiger partial charge in [-0.1, -0.05) is 25.4 Å². The molecule has 98 valence electrons. The third kappa shape index (κ3) is 2.25. The summed E-state index contributed by atoms with van der Waals surface area (Å²) in [5.74, 6) is 0.703. The Kier molecular flexibility index (Phi) is 4.20. The van der Waals surface area contributed by atoms with Crippen LogP contribution < -0.4 is 0 Å². The smallest absolute Gasteiger partial charge is 0.163 e. The lowest BCUT2D eigenvalue weighted by Crippen LogP contribution is -2.30. The Morgan fingerprint density at radius 2 is 2.00 bits per heavy atom. The number of aromatic nitrogens is 2. The van der Waals surface area contributed by atoms with Gasteiger partial charge in [0, 0.05) is 12.0 Å². The topological polar surface area (TPSA) is 35.0 Å². The van der Waals surface area contributed by atoms with E-state index in [4.69, 9.17) is 16.3 Å². The Morgan fingerprint density at radius 1 is 1.28 bits per heavy atom. The van der Waals surface area contributed by atoms with Crippen molar-refractivity contribution in [2.45, 2.75) is 39.2 Å². The van der Waals surface area contributed by atoms with Crippen molar-refractivity contribution in [3.8, 4) is 0 Å². The first-order valence-corrected chi connectivity index (χ1v) is 7.47. The van der Waals surface area contributed by atoms with Crippen molar-refractivity contribution in [3.63, 3.8) is 0 Å². The monoisotopic (exact) mass is 284 g/mol. The van der Waals surface area contributed by atoms with E-state index in [-0.39, 0.29) is 0 Å². The summed E-state index contributed by atoms with van der Waals surface area (Å²) < 4.78 is 5.92. The molecule has 2 aromatic heterocycles. The van der Waals surface area contributed by atoms with Gasteiger partial charge in [-0.3, -0.25) is 0 Å². The van der Waals surface area contributed by atoms with Crippen molar-refractivity contribution in [2.75, 3.05) is 6.61 Å². The van der Waals surface area contributed by atoms with Gasteiger partial charge in [0.1, 0.15) is 15.6 Å². The number of ether oxygens (including phenoxy) is 1. The number of halogens is 1. The molecule has 2 rings (SSSR count). The van der Waals surface area contributed by atoms with Gasteiger partial charge in [0.25, 0.3) is 0 Å². The van der Waals surface area contributed by atoms with Crippen LogP contribution in [0.1, 0.15) is 39.4 Å². The summed E-state index contributed by atoms with van der Waals surface area (Å²) >= 11 is 7.80. The minimum absolute atomic E-state index is 0.420. The molecule has 5 heteroatoms. The van der Waals surface area contributed by atoms with Crippen LogP contribution in [0.2, 0.25) is 5.15 Å². The highest BCUT2D eigenvalue weighted by Crippen LogP contribution is 2.34. The molecule has 0 aromatic carbocycles. The first-order chi connectivity index (χ1) is 8.66. The summed E-state index contributed by atoms with van der Waals surface area (Å²) in [4.78, 5) is 10.00. The van der Waals surface area contributed by atoms with Crippen LogP contribution >= 0.6 is 22.9 Å². The zero-order chi connectivity index (χ0) is 13.2. The minimum Gasteiger partial charge on any atom is -0.367 e. The minimum atomic E-state index is -0.420. The molecule has 0 amide bonds. The summed E-state index contributed by atoms with van der Waals surface area (Å²) in [6, 6.07) is 1.95. The molecule has 3 nitrogen and oxygen atoms in total. The van der Waals surface area contributed by atoms with Gasteiger partial charge in [0.05, 0.1) is 0 Å². The second-order valence-electron chi connectivity index (χ2n) is 4.11. The van der Waals surface area contributed by atoms with Crippen LogP contribution in [-0.2, 0) is 10.3 Å². The Labute approximate surface area is 116 Å². The number of nitrogens with zero attached hydrogens (tertiary/aromatic N) is 2. The first-order valence-electron chi connectivity index (χ1n) is 6.22. The highest BCUT2D eigenvalue weighted by atomic mass is 35.5. The number of fused-ring (bicyclic) bond motifs is 1. The summed E-state index contributed by atoms with van der Waals surface area (Å²) in [5, 5.41) is 3.42. The maximum atomic E-state index is 6.22. The van der Waals surface area contributed by atoms with E-state index in [0.29, 0.717) is 17.6 Å². The normalized spacial score (nSPS) is 12.2. The van der Waals surface area contributed by atoms with Crippen molar-refractivity contribution in [3.05, 3.63) is 22.4 Å². The third-order valence-corrected chi connectivity index (χ3v) is 4.34. The summed E-state index contributed by atoms with van der Waals surface area (Å²) in [6.45, 7) is 6.82. The fourth-order valence-corrected chi connectivity index (χ4v) is 3.19. The van der Waals surface area contributed by atoms with E-state index in [0.717, 1.165) is 23.1 Å². The molecule has 2 heterocycles. The van der Waals surface area contributed by atoms with Crippen LogP contribution in [0, 0.1) is 0 Å². The van der Waals surface area contributed by atoms with Gasteiger partial charge in [-0.25, -0.2) is 9.97 Å². The fraction of sp³-hybridized carbons (Fsp3) is 0.538. The Morgan fingerprint density at radius 3 is 2.61 bits per heavy atom. The van der Waals surface area contributed by atoms with E-state index in [1.165, 1.54) is 0 Å². The van der Waals surface area contributed by atoms with Crippen LogP contribution in [0.25, 0.3) is 10.2 Å². The van der Waals surface area contributed by atoms with Gasteiger partial charge >= 0.3 is 0 Å². The predicted molar refractivity (Wildman–Crippen MR) is 76.3 cm³/mol. The maximum Gasteiger partial charge on any atom is 0.163 e. The molecule has 0 N–H and O–H groups in total. The molecule has 0 radical (unpaired) electrons. The molecule has 0 fully saturated rings. The van der Waals surface area contributed by atoms with Gasteiger partial charge in [0.15, 0.2) is 5.82 Å². The quantitative estimate of drug-likeness (QED) is 0.764. The van der Waals surface area contributed by atoms with E-state index < -0.39 is 5.60 Å². The fourth-order valence-electron chi connectivity index (χ4n) is 2.13. The van der Waals surface area contributed by atoms with Crippen molar-refractivity contribution >= 4 is 33.2 Å². The second-order valence-corrected chi connectivity index (χ2v) is 5.36. The molecule has 0 aliphatic rings. The molecule has 0 saturated heterocycles. The van der Waals surface area contributed by atoms with Crippen LogP contribution in [-0.4, -0.2) is 16.6 Å². The molecular weight excluding hydrogens is 268 g/mol. The van der Waals surface area contributed by atoms with E-state index in [9.17, 15) is 0 Å². The molecule has 0 bridgehead atoms. The lowest BCUT2D eigenvalue weighted by molar-refractivity contribution is -0.0568. The van der Waals surface area contributed by atoms with Crippen molar-refractivity contribution in [1.29, 1.82) is 0 Å². The third-order valence-electron chi connectivity index (χ3n) is 3.25. The number of rotatable bonds is 5. The first kappa shape index (κ1) is 13.7. The Hall–Kier alpha value is -0.710. The van der Waals surface area contributed by atoms with E-state index >= 15 is 0 Å². The van der Waals surface area contributed by atoms with Gasteiger partial charge in [-0.05, 0) is 31.2 Å². The number of hydrogen-bond acceptors (Lipinski definition) is 4. The van der Waals surface area contributed by atoms with E-state index in [2.05, 4.69) is 23.8 Å². The average Bonchev–Trinajstić information content (AvgIpc) is 2.85. The molecule has 0 spiro atoms. The molecule has 0 atom stereocenters. The van der Waals surface area contributed by atoms with Crippen molar-refractivity contribution < 1.29 is 4.74 Å². The van der Waals surface area contributed by atoms with E-state index in [1.807, 2.05) is 18.4 Å². The summed E-state index contributed by atoms with van der Waals surface area (Å²) in [7, 11) is 0. The average molecular weight is 285 g/mol. The Balaban J connectivity index is 2.56. The molecule has 2 aromatic rings. The number of thiophene rings is 1. The number of hydrogen-bond donors (Lipinski definition) is 0. The largest absolute Gasteiger partial charge is 0.367 e. The van der Waals surface area contributed by atoms with Gasteiger partial charge in [-0.2, -0.15) is 0 Å². The van der Waals surface area contributed by atoms with Gasteiger partial charge < -0.3 is 4.74 Å². The Bertz CT molecular complexity index is 537. The zero-order valence-corrected chi connectivity index (χ0v) is 12.4. The molecule has 0 unspecified atom stereocenters. The molecular formula is C13H17ClN2OS. The highest BCUT2D eigenvalue weighted by molar-refractivity contribution is 7.16. The predicted octanol–water partition coefficient (Wildman–Crippen LogP) is 4.40. The van der Waals surface area contributed by atoms with Crippen LogP contribution in [0.5, 0.6) is 0 Å². The van der Waals surface area contributed by atoms with Gasteiger partial charge in [-0.15, -0.1) is 11.3 Å². The summed E-state index contributed by atoms with van der Waals surface area (Å²) in [5.41, 5.74) is -0.420. The SMILES string of the molecule is CCOC(CC)(CC)c1nc(Cl)c2ccsc2n1. The van der Waals surface area contributed by atoms with Crippen molar-refractivity contribution in [1.82, 2.24) is 9.97 Å². The lowest BCUT2D eigenvalue weighted by Gasteiger charge is -2.29. The maximum absolute atomic E-state index is 6.22. The molecule has 0 aliphatic heterocycles. The zero-order valence-electron chi connectivity index (χ0n) is 10.9. The highest BCUT2D eigenvalue weighted by Gasteiger charge is 2.33. The molecule has 0 saturated carbocycles. The van der Waals surface area contributed by atoms with Crippen molar-refractivity contribution in [2.24, 2.45) is 0 Å². The summed E-state index contributed by atoms with van der Waals surface area (Å²) in [6.07, 6.45) is 1.68. The lowest BCUT2D eigenvalue weighted by atomic mass is 9.96. The van der Waals surface area contributed by atoms with Crippen LogP contribution in [0.4, 0.5) is 0 Å². The molecule has 18 heavy (non-hydrogen) atoms. The standard InChI is InChI=1S/C13H17ClN2OS/c1-4-13(5-2,17-6-3)12-15-10(14)9-7-8-18-11(9)16-12/h7-8H,4-6H2,1-3H3.